The van der Waals surface area contributed by atoms with Gasteiger partial charge in [-0.05, 0) is 49.6 Å². The van der Waals surface area contributed by atoms with Crippen LogP contribution in [0.5, 0.6) is 0 Å². The summed E-state index contributed by atoms with van der Waals surface area (Å²) in [5.41, 5.74) is 0.980. The summed E-state index contributed by atoms with van der Waals surface area (Å²) < 4.78 is 5.20. The number of imide groups is 1. The standard InChI is InChI=1S/C27H28ClN3O5/c1-2-16-36-27(35)20-12-5-6-13-21(20)31-25(33)22(28)23(26(31)34)29-19-11-9-10-18(17-19)24(32)30-14-7-3-4-8-15-30/h5-6,9-13,17,29H,2-4,7-8,14-16H2,1H3. The van der Waals surface area contributed by atoms with Crippen LogP contribution in [0.3, 0.4) is 0 Å². The Balaban J connectivity index is 1.56. The van der Waals surface area contributed by atoms with Gasteiger partial charge in [-0.3, -0.25) is 14.4 Å². The molecule has 0 aromatic heterocycles. The number of hydrogen-bond donors (Lipinski definition) is 1. The molecule has 4 rings (SSSR count). The Morgan fingerprint density at radius 3 is 2.42 bits per heavy atom. The number of hydrogen-bond acceptors (Lipinski definition) is 6. The summed E-state index contributed by atoms with van der Waals surface area (Å²) >= 11 is 6.29. The summed E-state index contributed by atoms with van der Waals surface area (Å²) in [4.78, 5) is 54.5. The second kappa shape index (κ2) is 11.4. The summed E-state index contributed by atoms with van der Waals surface area (Å²) in [5, 5.41) is 2.61. The molecule has 188 valence electrons. The van der Waals surface area contributed by atoms with Crippen molar-refractivity contribution in [3.05, 3.63) is 70.4 Å². The SMILES string of the molecule is CCCOC(=O)c1ccccc1N1C(=O)C(Cl)=C(Nc2cccc(C(=O)N3CCCCCC3)c2)C1=O. The van der Waals surface area contributed by atoms with E-state index in [0.717, 1.165) is 43.7 Å². The van der Waals surface area contributed by atoms with E-state index in [1.54, 1.807) is 36.4 Å². The number of esters is 1. The van der Waals surface area contributed by atoms with E-state index < -0.39 is 17.8 Å². The van der Waals surface area contributed by atoms with E-state index in [1.807, 2.05) is 11.8 Å². The molecule has 2 aromatic carbocycles. The lowest BCUT2D eigenvalue weighted by molar-refractivity contribution is -0.120. The molecule has 0 saturated carbocycles. The van der Waals surface area contributed by atoms with Gasteiger partial charge in [0.25, 0.3) is 17.7 Å². The molecule has 2 aromatic rings. The number of amides is 3. The maximum absolute atomic E-state index is 13.3. The average molecular weight is 510 g/mol. The summed E-state index contributed by atoms with van der Waals surface area (Å²) in [5.74, 6) is -2.16. The van der Waals surface area contributed by atoms with Crippen molar-refractivity contribution in [2.75, 3.05) is 29.9 Å². The van der Waals surface area contributed by atoms with Crippen LogP contribution in [0.1, 0.15) is 59.7 Å². The molecule has 1 fully saturated rings. The van der Waals surface area contributed by atoms with Crippen molar-refractivity contribution in [3.63, 3.8) is 0 Å². The summed E-state index contributed by atoms with van der Waals surface area (Å²) in [6.07, 6.45) is 4.82. The van der Waals surface area contributed by atoms with Gasteiger partial charge in [0.15, 0.2) is 0 Å². The van der Waals surface area contributed by atoms with Gasteiger partial charge in [0.1, 0.15) is 10.7 Å². The van der Waals surface area contributed by atoms with E-state index >= 15 is 0 Å². The van der Waals surface area contributed by atoms with Crippen molar-refractivity contribution in [3.8, 4) is 0 Å². The highest BCUT2D eigenvalue weighted by atomic mass is 35.5. The fourth-order valence-corrected chi connectivity index (χ4v) is 4.49. The molecule has 0 radical (unpaired) electrons. The first-order chi connectivity index (χ1) is 17.4. The summed E-state index contributed by atoms with van der Waals surface area (Å²) in [6, 6.07) is 13.0. The van der Waals surface area contributed by atoms with Crippen molar-refractivity contribution < 1.29 is 23.9 Å². The van der Waals surface area contributed by atoms with Gasteiger partial charge in [0.2, 0.25) is 0 Å². The minimum absolute atomic E-state index is 0.0735. The largest absolute Gasteiger partial charge is 0.462 e. The first-order valence-electron chi connectivity index (χ1n) is 12.1. The number of halogens is 1. The third-order valence-corrected chi connectivity index (χ3v) is 6.45. The number of anilines is 2. The molecule has 9 heteroatoms. The molecule has 2 aliphatic heterocycles. The van der Waals surface area contributed by atoms with Crippen molar-refractivity contribution in [1.29, 1.82) is 0 Å². The predicted molar refractivity (Wildman–Crippen MR) is 137 cm³/mol. The second-order valence-electron chi connectivity index (χ2n) is 8.70. The quantitative estimate of drug-likeness (QED) is 0.429. The molecule has 2 aliphatic rings. The first kappa shape index (κ1) is 25.4. The highest BCUT2D eigenvalue weighted by molar-refractivity contribution is 6.53. The number of benzene rings is 2. The Labute approximate surface area is 214 Å². The van der Waals surface area contributed by atoms with Crippen LogP contribution in [0.25, 0.3) is 0 Å². The fraction of sp³-hybridized carbons (Fsp3) is 0.333. The highest BCUT2D eigenvalue weighted by Crippen LogP contribution is 2.32. The molecule has 1 saturated heterocycles. The fourth-order valence-electron chi connectivity index (χ4n) is 4.27. The molecule has 0 spiro atoms. The van der Waals surface area contributed by atoms with Gasteiger partial charge in [-0.1, -0.05) is 49.6 Å². The molecule has 0 aliphatic carbocycles. The molecule has 36 heavy (non-hydrogen) atoms. The normalized spacial score (nSPS) is 16.3. The number of nitrogens with one attached hydrogen (secondary N) is 1. The van der Waals surface area contributed by atoms with Crippen LogP contribution >= 0.6 is 11.6 Å². The second-order valence-corrected chi connectivity index (χ2v) is 9.08. The van der Waals surface area contributed by atoms with Crippen LogP contribution in [-0.2, 0) is 14.3 Å². The van der Waals surface area contributed by atoms with Crippen molar-refractivity contribution >= 4 is 46.7 Å². The number of rotatable bonds is 7. The smallest absolute Gasteiger partial charge is 0.340 e. The molecule has 0 atom stereocenters. The van der Waals surface area contributed by atoms with Crippen molar-refractivity contribution in [1.82, 2.24) is 4.90 Å². The number of ether oxygens (including phenoxy) is 1. The van der Waals surface area contributed by atoms with Gasteiger partial charge in [-0.25, -0.2) is 9.69 Å². The Morgan fingerprint density at radius 2 is 1.69 bits per heavy atom. The van der Waals surface area contributed by atoms with E-state index in [2.05, 4.69) is 5.32 Å². The number of likely N-dealkylation sites (tertiary alicyclic amines) is 1. The summed E-state index contributed by atoms with van der Waals surface area (Å²) in [6.45, 7) is 3.52. The molecule has 1 N–H and O–H groups in total. The number of para-hydroxylation sites is 1. The van der Waals surface area contributed by atoms with Crippen LogP contribution in [0.4, 0.5) is 11.4 Å². The number of carbonyl (C=O) groups excluding carboxylic acids is 4. The molecule has 3 amide bonds. The van der Waals surface area contributed by atoms with Crippen molar-refractivity contribution in [2.24, 2.45) is 0 Å². The highest BCUT2D eigenvalue weighted by Gasteiger charge is 2.40. The monoisotopic (exact) mass is 509 g/mol. The Kier molecular flexibility index (Phi) is 8.05. The van der Waals surface area contributed by atoms with Crippen LogP contribution in [0, 0.1) is 0 Å². The van der Waals surface area contributed by atoms with Gasteiger partial charge in [0, 0.05) is 24.3 Å². The van der Waals surface area contributed by atoms with Crippen LogP contribution < -0.4 is 10.2 Å². The average Bonchev–Trinajstić information content (AvgIpc) is 3.09. The topological polar surface area (TPSA) is 96.0 Å². The van der Waals surface area contributed by atoms with Gasteiger partial charge >= 0.3 is 5.97 Å². The lowest BCUT2D eigenvalue weighted by atomic mass is 10.1. The minimum atomic E-state index is -0.753. The molecular weight excluding hydrogens is 482 g/mol. The zero-order valence-corrected chi connectivity index (χ0v) is 20.8. The predicted octanol–water partition coefficient (Wildman–Crippen LogP) is 4.71. The molecule has 0 bridgehead atoms. The minimum Gasteiger partial charge on any atom is -0.462 e. The zero-order chi connectivity index (χ0) is 25.7. The molecule has 0 unspecified atom stereocenters. The summed E-state index contributed by atoms with van der Waals surface area (Å²) in [7, 11) is 0. The first-order valence-corrected chi connectivity index (χ1v) is 12.5. The third kappa shape index (κ3) is 5.28. The maximum Gasteiger partial charge on any atom is 0.340 e. The van der Waals surface area contributed by atoms with E-state index in [1.165, 1.54) is 12.1 Å². The third-order valence-electron chi connectivity index (χ3n) is 6.10. The van der Waals surface area contributed by atoms with Gasteiger partial charge in [-0.2, -0.15) is 0 Å². The van der Waals surface area contributed by atoms with E-state index in [0.29, 0.717) is 17.7 Å². The maximum atomic E-state index is 13.3. The van der Waals surface area contributed by atoms with Crippen LogP contribution in [-0.4, -0.2) is 48.3 Å². The van der Waals surface area contributed by atoms with Crippen molar-refractivity contribution in [2.45, 2.75) is 39.0 Å². The lowest BCUT2D eigenvalue weighted by Gasteiger charge is -2.21. The van der Waals surface area contributed by atoms with Crippen LogP contribution in [0.2, 0.25) is 0 Å². The van der Waals surface area contributed by atoms with E-state index in [4.69, 9.17) is 16.3 Å². The zero-order valence-electron chi connectivity index (χ0n) is 20.1. The Morgan fingerprint density at radius 1 is 0.972 bits per heavy atom. The van der Waals surface area contributed by atoms with Gasteiger partial charge in [-0.15, -0.1) is 0 Å². The Bertz CT molecular complexity index is 1220. The van der Waals surface area contributed by atoms with E-state index in [-0.39, 0.29) is 34.5 Å². The Hall–Kier alpha value is -3.65. The molecule has 8 nitrogen and oxygen atoms in total. The lowest BCUT2D eigenvalue weighted by Crippen LogP contribution is -2.33. The van der Waals surface area contributed by atoms with Gasteiger partial charge < -0.3 is 15.0 Å². The number of nitrogens with zero attached hydrogens (tertiary/aromatic N) is 2. The number of carbonyl (C=O) groups is 4. The molecular formula is C27H28ClN3O5. The van der Waals surface area contributed by atoms with E-state index in [9.17, 15) is 19.2 Å². The van der Waals surface area contributed by atoms with Crippen LogP contribution in [0.15, 0.2) is 59.3 Å². The van der Waals surface area contributed by atoms with Gasteiger partial charge in [0.05, 0.1) is 17.9 Å². The molecule has 2 heterocycles.